The van der Waals surface area contributed by atoms with Gasteiger partial charge in [0, 0.05) is 27.1 Å². The van der Waals surface area contributed by atoms with Crippen LogP contribution in [0.2, 0.25) is 0 Å². The SMILES string of the molecule is C=CCNC(=O)CCS(=O)(=O)N(C)C. The highest BCUT2D eigenvalue weighted by Gasteiger charge is 2.15. The lowest BCUT2D eigenvalue weighted by atomic mass is 10.4. The summed E-state index contributed by atoms with van der Waals surface area (Å²) in [4.78, 5) is 11.0. The van der Waals surface area contributed by atoms with Gasteiger partial charge in [0.05, 0.1) is 5.75 Å². The van der Waals surface area contributed by atoms with Crippen LogP contribution in [-0.4, -0.2) is 45.0 Å². The molecule has 0 bridgehead atoms. The van der Waals surface area contributed by atoms with Crippen molar-refractivity contribution in [2.45, 2.75) is 6.42 Å². The summed E-state index contributed by atoms with van der Waals surface area (Å²) in [5.41, 5.74) is 0. The molecule has 0 saturated carbocycles. The lowest BCUT2D eigenvalue weighted by Gasteiger charge is -2.10. The van der Waals surface area contributed by atoms with Crippen LogP contribution in [0.15, 0.2) is 12.7 Å². The van der Waals surface area contributed by atoms with Crippen LogP contribution in [0.1, 0.15) is 6.42 Å². The van der Waals surface area contributed by atoms with Gasteiger partial charge in [-0.25, -0.2) is 12.7 Å². The number of hydrogen-bond acceptors (Lipinski definition) is 3. The van der Waals surface area contributed by atoms with Gasteiger partial charge in [0.1, 0.15) is 0 Å². The normalized spacial score (nSPS) is 11.4. The van der Waals surface area contributed by atoms with Gasteiger partial charge < -0.3 is 5.32 Å². The molecule has 6 heteroatoms. The zero-order valence-electron chi connectivity index (χ0n) is 8.49. The third kappa shape index (κ3) is 4.98. The molecule has 1 N–H and O–H groups in total. The molecule has 0 aromatic heterocycles. The molecule has 0 spiro atoms. The second-order valence-corrected chi connectivity index (χ2v) is 5.24. The van der Waals surface area contributed by atoms with Gasteiger partial charge in [-0.3, -0.25) is 4.79 Å². The minimum absolute atomic E-state index is 0.0195. The van der Waals surface area contributed by atoms with Crippen molar-refractivity contribution in [3.63, 3.8) is 0 Å². The Morgan fingerprint density at radius 1 is 1.50 bits per heavy atom. The van der Waals surface area contributed by atoms with Crippen LogP contribution in [0.3, 0.4) is 0 Å². The van der Waals surface area contributed by atoms with Crippen LogP contribution in [-0.2, 0) is 14.8 Å². The van der Waals surface area contributed by atoms with E-state index in [0.717, 1.165) is 4.31 Å². The van der Waals surface area contributed by atoms with Crippen LogP contribution in [0.25, 0.3) is 0 Å². The van der Waals surface area contributed by atoms with Gasteiger partial charge in [0.2, 0.25) is 15.9 Å². The van der Waals surface area contributed by atoms with Crippen molar-refractivity contribution in [2.75, 3.05) is 26.4 Å². The average molecular weight is 220 g/mol. The molecule has 0 aromatic carbocycles. The molecule has 0 atom stereocenters. The Morgan fingerprint density at radius 3 is 2.50 bits per heavy atom. The fourth-order valence-corrected chi connectivity index (χ4v) is 1.49. The maximum atomic E-state index is 11.2. The molecule has 0 saturated heterocycles. The van der Waals surface area contributed by atoms with E-state index in [1.54, 1.807) is 6.08 Å². The van der Waals surface area contributed by atoms with Crippen LogP contribution >= 0.6 is 0 Å². The molecule has 0 aromatic rings. The monoisotopic (exact) mass is 220 g/mol. The van der Waals surface area contributed by atoms with Gasteiger partial charge >= 0.3 is 0 Å². The summed E-state index contributed by atoms with van der Waals surface area (Å²) < 4.78 is 23.6. The molecular formula is C8H16N2O3S. The first-order chi connectivity index (χ1) is 6.40. The van der Waals surface area contributed by atoms with Crippen LogP contribution in [0.4, 0.5) is 0 Å². The first-order valence-electron chi connectivity index (χ1n) is 4.18. The first kappa shape index (κ1) is 13.1. The van der Waals surface area contributed by atoms with Crippen molar-refractivity contribution >= 4 is 15.9 Å². The van der Waals surface area contributed by atoms with Gasteiger partial charge in [0.15, 0.2) is 0 Å². The summed E-state index contributed by atoms with van der Waals surface area (Å²) in [5, 5.41) is 2.50. The molecule has 0 aliphatic rings. The third-order valence-corrected chi connectivity index (χ3v) is 3.42. The Morgan fingerprint density at radius 2 is 2.07 bits per heavy atom. The number of amides is 1. The van der Waals surface area contributed by atoms with Crippen molar-refractivity contribution in [1.82, 2.24) is 9.62 Å². The number of nitrogens with zero attached hydrogens (tertiary/aromatic N) is 1. The van der Waals surface area contributed by atoms with E-state index in [1.807, 2.05) is 0 Å². The molecular weight excluding hydrogens is 204 g/mol. The smallest absolute Gasteiger partial charge is 0.221 e. The molecule has 0 unspecified atom stereocenters. The Balaban J connectivity index is 3.94. The summed E-state index contributed by atoms with van der Waals surface area (Å²) >= 11 is 0. The van der Waals surface area contributed by atoms with E-state index in [-0.39, 0.29) is 18.1 Å². The number of rotatable bonds is 6. The number of sulfonamides is 1. The maximum absolute atomic E-state index is 11.2. The Labute approximate surface area is 84.8 Å². The summed E-state index contributed by atoms with van der Waals surface area (Å²) in [6.07, 6.45) is 1.52. The van der Waals surface area contributed by atoms with E-state index in [2.05, 4.69) is 11.9 Å². The van der Waals surface area contributed by atoms with Crippen LogP contribution < -0.4 is 5.32 Å². The van der Waals surface area contributed by atoms with E-state index in [1.165, 1.54) is 14.1 Å². The van der Waals surface area contributed by atoms with Gasteiger partial charge in [-0.05, 0) is 0 Å². The highest BCUT2D eigenvalue weighted by molar-refractivity contribution is 7.89. The number of hydrogen-bond donors (Lipinski definition) is 1. The zero-order valence-corrected chi connectivity index (χ0v) is 9.30. The Hall–Kier alpha value is -0.880. The number of carbonyl (C=O) groups is 1. The van der Waals surface area contributed by atoms with Crippen LogP contribution in [0.5, 0.6) is 0 Å². The molecule has 0 aliphatic heterocycles. The largest absolute Gasteiger partial charge is 0.353 e. The summed E-state index contributed by atoms with van der Waals surface area (Å²) in [7, 11) is -0.389. The second-order valence-electron chi connectivity index (χ2n) is 2.94. The predicted molar refractivity (Wildman–Crippen MR) is 55.3 cm³/mol. The standard InChI is InChI=1S/C8H16N2O3S/c1-4-6-9-8(11)5-7-14(12,13)10(2)3/h4H,1,5-7H2,2-3H3,(H,9,11). The molecule has 0 rings (SSSR count). The Kier molecular flexibility index (Phi) is 5.40. The fraction of sp³-hybridized carbons (Fsp3) is 0.625. The van der Waals surface area contributed by atoms with Crippen molar-refractivity contribution in [2.24, 2.45) is 0 Å². The summed E-state index contributed by atoms with van der Waals surface area (Å²) in [5.74, 6) is -0.446. The highest BCUT2D eigenvalue weighted by atomic mass is 32.2. The van der Waals surface area contributed by atoms with Crippen molar-refractivity contribution in [3.8, 4) is 0 Å². The van der Waals surface area contributed by atoms with Crippen molar-refractivity contribution in [1.29, 1.82) is 0 Å². The first-order valence-corrected chi connectivity index (χ1v) is 5.79. The summed E-state index contributed by atoms with van der Waals surface area (Å²) in [6.45, 7) is 3.79. The highest BCUT2D eigenvalue weighted by Crippen LogP contribution is 1.96. The number of carbonyl (C=O) groups excluding carboxylic acids is 1. The lowest BCUT2D eigenvalue weighted by molar-refractivity contribution is -0.120. The molecule has 0 fully saturated rings. The van der Waals surface area contributed by atoms with E-state index < -0.39 is 10.0 Å². The quantitative estimate of drug-likeness (QED) is 0.618. The Bertz CT molecular complexity index is 296. The molecule has 0 radical (unpaired) electrons. The number of nitrogens with one attached hydrogen (secondary N) is 1. The molecule has 5 nitrogen and oxygen atoms in total. The van der Waals surface area contributed by atoms with E-state index in [9.17, 15) is 13.2 Å². The molecule has 0 heterocycles. The maximum Gasteiger partial charge on any atom is 0.221 e. The summed E-state index contributed by atoms with van der Waals surface area (Å²) in [6, 6.07) is 0. The molecule has 82 valence electrons. The second kappa shape index (κ2) is 5.77. The van der Waals surface area contributed by atoms with Crippen molar-refractivity contribution < 1.29 is 13.2 Å². The third-order valence-electron chi connectivity index (χ3n) is 1.59. The predicted octanol–water partition coefficient (Wildman–Crippen LogP) is -0.430. The van der Waals surface area contributed by atoms with E-state index in [0.29, 0.717) is 6.54 Å². The van der Waals surface area contributed by atoms with Gasteiger partial charge in [-0.1, -0.05) is 6.08 Å². The minimum Gasteiger partial charge on any atom is -0.353 e. The minimum atomic E-state index is -3.27. The van der Waals surface area contributed by atoms with Gasteiger partial charge in [-0.15, -0.1) is 6.58 Å². The van der Waals surface area contributed by atoms with E-state index in [4.69, 9.17) is 0 Å². The lowest BCUT2D eigenvalue weighted by Crippen LogP contribution is -2.30. The zero-order chi connectivity index (χ0) is 11.2. The van der Waals surface area contributed by atoms with Gasteiger partial charge in [-0.2, -0.15) is 0 Å². The molecule has 1 amide bonds. The molecule has 14 heavy (non-hydrogen) atoms. The van der Waals surface area contributed by atoms with E-state index >= 15 is 0 Å². The van der Waals surface area contributed by atoms with Crippen molar-refractivity contribution in [3.05, 3.63) is 12.7 Å². The topological polar surface area (TPSA) is 66.5 Å². The van der Waals surface area contributed by atoms with Gasteiger partial charge in [0.25, 0.3) is 0 Å². The molecule has 0 aliphatic carbocycles. The fourth-order valence-electron chi connectivity index (χ4n) is 0.679. The van der Waals surface area contributed by atoms with Crippen LogP contribution in [0, 0.1) is 0 Å². The average Bonchev–Trinajstić information content (AvgIpc) is 2.11.